The molecule has 4 rings (SSSR count). The molecule has 0 spiro atoms. The minimum Gasteiger partial charge on any atom is -0.434 e. The second-order valence-corrected chi connectivity index (χ2v) is 9.22. The van der Waals surface area contributed by atoms with E-state index in [1.54, 1.807) is 0 Å². The molecule has 188 valence electrons. The van der Waals surface area contributed by atoms with Gasteiger partial charge in [0.2, 0.25) is 0 Å². The summed E-state index contributed by atoms with van der Waals surface area (Å²) in [7, 11) is 0. The van der Waals surface area contributed by atoms with Gasteiger partial charge in [-0.2, -0.15) is 0 Å². The summed E-state index contributed by atoms with van der Waals surface area (Å²) in [5.74, 6) is -2.02. The van der Waals surface area contributed by atoms with E-state index < -0.39 is 41.9 Å². The molecule has 0 aromatic heterocycles. The maximum absolute atomic E-state index is 13.8. The number of cyclic esters (lactones) is 1. The van der Waals surface area contributed by atoms with Gasteiger partial charge in [0.15, 0.2) is 6.10 Å². The number of nitrogens with one attached hydrogen (secondary N) is 2. The first-order valence-electron chi connectivity index (χ1n) is 12.0. The summed E-state index contributed by atoms with van der Waals surface area (Å²) in [5.41, 5.74) is 2.53. The van der Waals surface area contributed by atoms with Crippen molar-refractivity contribution in [2.45, 2.75) is 63.4 Å². The third-order valence-corrected chi connectivity index (χ3v) is 6.60. The average Bonchev–Trinajstić information content (AvgIpc) is 3.21. The van der Waals surface area contributed by atoms with Gasteiger partial charge in [0.05, 0.1) is 18.7 Å². The number of halogens is 2. The number of fused-ring (bicyclic) bond motifs is 1. The van der Waals surface area contributed by atoms with E-state index in [0.29, 0.717) is 25.1 Å². The fraction of sp³-hybridized carbons (Fsp3) is 0.462. The first kappa shape index (κ1) is 25.1. The van der Waals surface area contributed by atoms with Crippen LogP contribution in [0.5, 0.6) is 0 Å². The molecular formula is C26H31F2N3O4. The van der Waals surface area contributed by atoms with E-state index in [-0.39, 0.29) is 19.0 Å². The number of unbranched alkanes of at least 4 members (excludes halogenated alkanes) is 1. The number of aliphatic hydroxyl groups excluding tert-OH is 1. The number of hydrogen-bond acceptors (Lipinski definition) is 5. The van der Waals surface area contributed by atoms with E-state index in [2.05, 4.69) is 10.6 Å². The van der Waals surface area contributed by atoms with Crippen LogP contribution in [-0.2, 0) is 28.9 Å². The van der Waals surface area contributed by atoms with Crippen LogP contribution in [0, 0.1) is 11.6 Å². The standard InChI is InChI=1S/C26H31F2N3O4/c1-2-3-8-31-15-23(35-26(31)34)25(33)30-22(11-16-9-19(27)13-20(28)10-16)24(32)21-12-17-6-4-5-7-18(17)14-29-21/h4-7,9-10,13,21-24,29,32H,2-3,8,11-12,14-15H2,1H3,(H,30,33)/t21?,22-,23-,24+/m0/s1. The van der Waals surface area contributed by atoms with E-state index in [9.17, 15) is 23.5 Å². The number of carbonyl (C=O) groups is 2. The number of rotatable bonds is 9. The Bertz CT molecular complexity index is 1050. The molecule has 0 bridgehead atoms. The SMILES string of the molecule is CCCCN1C[C@@H](C(=O)N[C@@H](Cc2cc(F)cc(F)c2)[C@H](O)C2Cc3ccccc3CN2)OC1=O. The van der Waals surface area contributed by atoms with Gasteiger partial charge in [-0.25, -0.2) is 13.6 Å². The molecule has 2 heterocycles. The van der Waals surface area contributed by atoms with Gasteiger partial charge in [0.1, 0.15) is 11.6 Å². The van der Waals surface area contributed by atoms with Gasteiger partial charge in [0, 0.05) is 25.2 Å². The van der Waals surface area contributed by atoms with Crippen LogP contribution in [0.15, 0.2) is 42.5 Å². The summed E-state index contributed by atoms with van der Waals surface area (Å²) in [6, 6.07) is 9.77. The van der Waals surface area contributed by atoms with Gasteiger partial charge in [-0.3, -0.25) is 4.79 Å². The molecule has 3 N–H and O–H groups in total. The first-order valence-corrected chi connectivity index (χ1v) is 12.0. The molecule has 1 unspecified atom stereocenters. The Morgan fingerprint density at radius 3 is 2.66 bits per heavy atom. The largest absolute Gasteiger partial charge is 0.434 e. The van der Waals surface area contributed by atoms with Crippen molar-refractivity contribution >= 4 is 12.0 Å². The van der Waals surface area contributed by atoms with Gasteiger partial charge in [-0.05, 0) is 48.1 Å². The van der Waals surface area contributed by atoms with E-state index in [4.69, 9.17) is 4.74 Å². The molecule has 2 aliphatic heterocycles. The Labute approximate surface area is 203 Å². The van der Waals surface area contributed by atoms with Crippen molar-refractivity contribution in [2.24, 2.45) is 0 Å². The van der Waals surface area contributed by atoms with Crippen LogP contribution in [0.3, 0.4) is 0 Å². The lowest BCUT2D eigenvalue weighted by Crippen LogP contribution is -2.57. The van der Waals surface area contributed by atoms with Gasteiger partial charge in [0.25, 0.3) is 5.91 Å². The maximum Gasteiger partial charge on any atom is 0.410 e. The number of benzene rings is 2. The van der Waals surface area contributed by atoms with Gasteiger partial charge < -0.3 is 25.4 Å². The summed E-state index contributed by atoms with van der Waals surface area (Å²) in [6.07, 6.45) is -0.397. The molecule has 7 nitrogen and oxygen atoms in total. The van der Waals surface area contributed by atoms with Crippen LogP contribution in [0.25, 0.3) is 0 Å². The summed E-state index contributed by atoms with van der Waals surface area (Å²) in [5, 5.41) is 17.4. The smallest absolute Gasteiger partial charge is 0.410 e. The van der Waals surface area contributed by atoms with Crippen molar-refractivity contribution in [2.75, 3.05) is 13.1 Å². The Balaban J connectivity index is 1.50. The number of carbonyl (C=O) groups excluding carboxylic acids is 2. The maximum atomic E-state index is 13.8. The normalized spacial score (nSPS) is 21.3. The minimum absolute atomic E-state index is 0.00162. The van der Waals surface area contributed by atoms with E-state index >= 15 is 0 Å². The number of aliphatic hydroxyl groups is 1. The van der Waals surface area contributed by atoms with Crippen molar-refractivity contribution in [1.82, 2.24) is 15.5 Å². The molecule has 2 aromatic rings. The van der Waals surface area contributed by atoms with Crippen molar-refractivity contribution in [3.05, 3.63) is 70.8 Å². The highest BCUT2D eigenvalue weighted by molar-refractivity contribution is 5.86. The average molecular weight is 488 g/mol. The summed E-state index contributed by atoms with van der Waals surface area (Å²) < 4.78 is 32.9. The highest BCUT2D eigenvalue weighted by atomic mass is 19.1. The molecule has 2 amide bonds. The monoisotopic (exact) mass is 487 g/mol. The first-order chi connectivity index (χ1) is 16.8. The predicted molar refractivity (Wildman–Crippen MR) is 126 cm³/mol. The van der Waals surface area contributed by atoms with Crippen LogP contribution in [-0.4, -0.2) is 59.4 Å². The molecule has 0 aliphatic carbocycles. The van der Waals surface area contributed by atoms with Crippen LogP contribution >= 0.6 is 0 Å². The highest BCUT2D eigenvalue weighted by Crippen LogP contribution is 2.21. The third-order valence-electron chi connectivity index (χ3n) is 6.60. The van der Waals surface area contributed by atoms with Gasteiger partial charge in [-0.15, -0.1) is 0 Å². The third kappa shape index (κ3) is 6.15. The lowest BCUT2D eigenvalue weighted by molar-refractivity contribution is -0.129. The highest BCUT2D eigenvalue weighted by Gasteiger charge is 2.38. The predicted octanol–water partition coefficient (Wildman–Crippen LogP) is 2.69. The molecule has 4 atom stereocenters. The van der Waals surface area contributed by atoms with Crippen LogP contribution < -0.4 is 10.6 Å². The Morgan fingerprint density at radius 1 is 1.23 bits per heavy atom. The van der Waals surface area contributed by atoms with Crippen molar-refractivity contribution in [1.29, 1.82) is 0 Å². The van der Waals surface area contributed by atoms with E-state index in [1.165, 1.54) is 17.0 Å². The second kappa shape index (κ2) is 11.1. The number of amides is 2. The molecule has 2 aromatic carbocycles. The fourth-order valence-electron chi connectivity index (χ4n) is 4.69. The molecule has 9 heteroatoms. The zero-order chi connectivity index (χ0) is 24.9. The van der Waals surface area contributed by atoms with Crippen molar-refractivity contribution < 1.29 is 28.2 Å². The summed E-state index contributed by atoms with van der Waals surface area (Å²) in [4.78, 5) is 26.6. The van der Waals surface area contributed by atoms with Crippen LogP contribution in [0.2, 0.25) is 0 Å². The topological polar surface area (TPSA) is 90.9 Å². The molecule has 1 saturated heterocycles. The molecular weight excluding hydrogens is 456 g/mol. The van der Waals surface area contributed by atoms with Crippen molar-refractivity contribution in [3.63, 3.8) is 0 Å². The molecule has 1 fully saturated rings. The minimum atomic E-state index is -1.06. The lowest BCUT2D eigenvalue weighted by Gasteiger charge is -2.35. The summed E-state index contributed by atoms with van der Waals surface area (Å²) in [6.45, 7) is 3.18. The molecule has 0 saturated carbocycles. The summed E-state index contributed by atoms with van der Waals surface area (Å²) >= 11 is 0. The van der Waals surface area contributed by atoms with Gasteiger partial charge >= 0.3 is 6.09 Å². The van der Waals surface area contributed by atoms with Crippen molar-refractivity contribution in [3.8, 4) is 0 Å². The zero-order valence-electron chi connectivity index (χ0n) is 19.7. The number of nitrogens with zero attached hydrogens (tertiary/aromatic N) is 1. The zero-order valence-corrected chi connectivity index (χ0v) is 19.7. The molecule has 0 radical (unpaired) electrons. The Kier molecular flexibility index (Phi) is 7.97. The van der Waals surface area contributed by atoms with Crippen LogP contribution in [0.1, 0.15) is 36.5 Å². The Morgan fingerprint density at radius 2 is 1.94 bits per heavy atom. The fourth-order valence-corrected chi connectivity index (χ4v) is 4.69. The molecule has 2 aliphatic rings. The lowest BCUT2D eigenvalue weighted by atomic mass is 9.88. The van der Waals surface area contributed by atoms with Crippen LogP contribution in [0.4, 0.5) is 13.6 Å². The Hall–Kier alpha value is -3.04. The number of hydrogen-bond donors (Lipinski definition) is 3. The van der Waals surface area contributed by atoms with Gasteiger partial charge in [-0.1, -0.05) is 37.6 Å². The van der Waals surface area contributed by atoms with E-state index in [0.717, 1.165) is 30.0 Å². The molecule has 35 heavy (non-hydrogen) atoms. The quantitative estimate of drug-likeness (QED) is 0.506. The second-order valence-electron chi connectivity index (χ2n) is 9.22. The number of ether oxygens (including phenoxy) is 1. The van der Waals surface area contributed by atoms with E-state index in [1.807, 2.05) is 31.2 Å².